The van der Waals surface area contributed by atoms with Crippen molar-refractivity contribution in [3.8, 4) is 11.5 Å². The molecule has 1 aliphatic carbocycles. The monoisotopic (exact) mass is 811 g/mol. The van der Waals surface area contributed by atoms with Crippen LogP contribution < -0.4 is 18.8 Å². The van der Waals surface area contributed by atoms with E-state index in [1.165, 1.54) is 53.1 Å². The number of carbonyl (C=O) groups is 3. The molecule has 1 N–H and O–H groups in total. The van der Waals surface area contributed by atoms with Gasteiger partial charge in [-0.25, -0.2) is 13.4 Å². The third-order valence-electron chi connectivity index (χ3n) is 9.26. The van der Waals surface area contributed by atoms with Crippen molar-refractivity contribution >= 4 is 56.7 Å². The molecule has 6 rings (SSSR count). The summed E-state index contributed by atoms with van der Waals surface area (Å²) >= 11 is 12.9. The quantitative estimate of drug-likeness (QED) is 0.138. The Morgan fingerprint density at radius 2 is 1.72 bits per heavy atom. The zero-order valence-corrected chi connectivity index (χ0v) is 31.6. The second-order valence-corrected chi connectivity index (χ2v) is 15.9. The number of imide groups is 1. The lowest BCUT2D eigenvalue weighted by molar-refractivity contribution is -0.377. The van der Waals surface area contributed by atoms with Gasteiger partial charge in [0.2, 0.25) is 10.0 Å². The van der Waals surface area contributed by atoms with Crippen LogP contribution in [0.3, 0.4) is 0 Å². The van der Waals surface area contributed by atoms with Crippen molar-refractivity contribution in [3.63, 3.8) is 0 Å². The summed E-state index contributed by atoms with van der Waals surface area (Å²) in [6.07, 6.45) is 5.21. The van der Waals surface area contributed by atoms with Gasteiger partial charge in [0.05, 0.1) is 42.9 Å². The van der Waals surface area contributed by atoms with Crippen LogP contribution in [0.1, 0.15) is 57.2 Å². The summed E-state index contributed by atoms with van der Waals surface area (Å²) in [4.78, 5) is 46.3. The fourth-order valence-corrected chi connectivity index (χ4v) is 7.75. The lowest BCUT2D eigenvalue weighted by atomic mass is 10.0. The molecule has 1 atom stereocenters. The number of anilines is 1. The van der Waals surface area contributed by atoms with Crippen LogP contribution in [0, 0.1) is 5.92 Å². The molecule has 0 spiro atoms. The Balaban J connectivity index is 1.20. The van der Waals surface area contributed by atoms with E-state index >= 15 is 0 Å². The third kappa shape index (κ3) is 9.76. The number of aromatic nitrogens is 1. The van der Waals surface area contributed by atoms with Crippen LogP contribution >= 0.6 is 23.2 Å². The minimum atomic E-state index is -3.76. The molecule has 3 aromatic rings. The molecule has 0 bridgehead atoms. The number of rotatable bonds is 17. The molecule has 13 nitrogen and oxygen atoms in total. The zero-order chi connectivity index (χ0) is 38.6. The molecule has 18 heteroatoms. The maximum absolute atomic E-state index is 13.6. The Kier molecular flexibility index (Phi) is 12.6. The van der Waals surface area contributed by atoms with Gasteiger partial charge in [-0.1, -0.05) is 29.3 Å². The Morgan fingerprint density at radius 3 is 2.39 bits per heavy atom. The number of aromatic amines is 1. The van der Waals surface area contributed by atoms with Crippen molar-refractivity contribution in [1.29, 1.82) is 0 Å². The first kappa shape index (κ1) is 39.6. The minimum absolute atomic E-state index is 0.000962. The Hall–Kier alpha value is -4.09. The summed E-state index contributed by atoms with van der Waals surface area (Å²) in [5, 5.41) is 0.457. The van der Waals surface area contributed by atoms with Crippen LogP contribution in [-0.4, -0.2) is 101 Å². The molecule has 0 radical (unpaired) electrons. The predicted molar refractivity (Wildman–Crippen MR) is 193 cm³/mol. The van der Waals surface area contributed by atoms with Crippen molar-refractivity contribution in [2.45, 2.75) is 38.4 Å². The maximum Gasteiger partial charge on any atom is 0.387 e. The zero-order valence-electron chi connectivity index (χ0n) is 29.3. The van der Waals surface area contributed by atoms with Gasteiger partial charge in [-0.05, 0) is 61.1 Å². The van der Waals surface area contributed by atoms with Crippen LogP contribution in [0.4, 0.5) is 14.5 Å². The average Bonchev–Trinajstić information content (AvgIpc) is 3.93. The number of benzene rings is 2. The smallest absolute Gasteiger partial charge is 0.387 e. The first-order valence-corrected chi connectivity index (χ1v) is 19.9. The summed E-state index contributed by atoms with van der Waals surface area (Å²) in [5.41, 5.74) is 0.863. The Bertz CT molecular complexity index is 1980. The number of carbonyl (C=O) groups excluding carboxylic acids is 3. The Labute approximate surface area is 321 Å². The number of esters is 1. The van der Waals surface area contributed by atoms with Crippen LogP contribution in [0.2, 0.25) is 10.0 Å². The van der Waals surface area contributed by atoms with Gasteiger partial charge in [0.1, 0.15) is 22.7 Å². The molecule has 1 saturated heterocycles. The van der Waals surface area contributed by atoms with Gasteiger partial charge in [0.15, 0.2) is 23.9 Å². The minimum Gasteiger partial charge on any atom is -0.489 e. The number of nitrogens with zero attached hydrogens (tertiary/aromatic N) is 3. The third-order valence-corrected chi connectivity index (χ3v) is 11.1. The molecule has 290 valence electrons. The molecule has 0 unspecified atom stereocenters. The summed E-state index contributed by atoms with van der Waals surface area (Å²) < 4.78 is 75.0. The number of hydrogen-bond acceptors (Lipinski definition) is 10. The van der Waals surface area contributed by atoms with E-state index in [1.54, 1.807) is 0 Å². The largest absolute Gasteiger partial charge is 0.489 e. The molecule has 3 aliphatic rings. The first-order chi connectivity index (χ1) is 25.8. The molecule has 54 heavy (non-hydrogen) atoms. The van der Waals surface area contributed by atoms with Gasteiger partial charge in [-0.3, -0.25) is 28.5 Å². The maximum atomic E-state index is 13.6. The number of fused-ring (bicyclic) bond motifs is 1. The van der Waals surface area contributed by atoms with Crippen LogP contribution in [0.25, 0.3) is 0 Å². The van der Waals surface area contributed by atoms with E-state index in [9.17, 15) is 31.6 Å². The van der Waals surface area contributed by atoms with Crippen LogP contribution in [0.5, 0.6) is 11.5 Å². The molecular weight excluding hydrogens is 773 g/mol. The van der Waals surface area contributed by atoms with E-state index in [4.69, 9.17) is 37.4 Å². The first-order valence-electron chi connectivity index (χ1n) is 17.3. The number of halogens is 4. The van der Waals surface area contributed by atoms with Gasteiger partial charge in [-0.15, -0.1) is 0 Å². The highest BCUT2D eigenvalue weighted by Crippen LogP contribution is 2.38. The summed E-state index contributed by atoms with van der Waals surface area (Å²) in [6.45, 7) is -0.112. The van der Waals surface area contributed by atoms with E-state index in [1.807, 2.05) is 0 Å². The van der Waals surface area contributed by atoms with Gasteiger partial charge < -0.3 is 18.9 Å². The second-order valence-electron chi connectivity index (χ2n) is 13.2. The highest BCUT2D eigenvalue weighted by atomic mass is 35.5. The lowest BCUT2D eigenvalue weighted by Gasteiger charge is -2.28. The molecular formula is C36H39Cl2F2N4O9S+. The van der Waals surface area contributed by atoms with E-state index in [2.05, 4.69) is 14.6 Å². The number of hydrogen-bond donors (Lipinski definition) is 0. The van der Waals surface area contributed by atoms with Crippen molar-refractivity contribution in [2.75, 3.05) is 63.1 Å². The molecule has 2 aliphatic heterocycles. The molecule has 1 aromatic heterocycles. The number of morpholine rings is 1. The fraction of sp³-hybridized carbons (Fsp3) is 0.444. The van der Waals surface area contributed by atoms with E-state index < -0.39 is 47.1 Å². The van der Waals surface area contributed by atoms with E-state index in [0.29, 0.717) is 37.3 Å². The number of ether oxygens (including phenoxy) is 4. The van der Waals surface area contributed by atoms with E-state index in [-0.39, 0.29) is 63.8 Å². The van der Waals surface area contributed by atoms with Crippen LogP contribution in [-0.2, 0) is 30.7 Å². The number of nitrogens with one attached hydrogen (secondary N) is 1. The van der Waals surface area contributed by atoms with Gasteiger partial charge in [-0.2, -0.15) is 8.78 Å². The van der Waals surface area contributed by atoms with Crippen molar-refractivity contribution in [1.82, 2.24) is 9.80 Å². The van der Waals surface area contributed by atoms with E-state index in [0.717, 1.165) is 37.1 Å². The highest BCUT2D eigenvalue weighted by molar-refractivity contribution is 7.92. The lowest BCUT2D eigenvalue weighted by Crippen LogP contribution is -2.39. The molecule has 2 fully saturated rings. The summed E-state index contributed by atoms with van der Waals surface area (Å²) in [5.74, 6) is -2.45. The van der Waals surface area contributed by atoms with Gasteiger partial charge in [0, 0.05) is 38.2 Å². The number of amides is 2. The molecule has 2 aromatic carbocycles. The van der Waals surface area contributed by atoms with Gasteiger partial charge in [0.25, 0.3) is 11.8 Å². The predicted octanol–water partition coefficient (Wildman–Crippen LogP) is 4.81. The number of alkyl halides is 2. The number of H-pyrrole nitrogens is 1. The fourth-order valence-electron chi connectivity index (χ4n) is 6.26. The molecule has 1 saturated carbocycles. The SMILES string of the molecule is CS(=O)(=O)N(CCCN1CCOCC1)c1ccc2c(c1)C(=O)N(CC(=O)O[C@@H](Cc1c(Cl)c[nH+]cc1Cl)c1ccc(OC(F)F)c(OCC3CC3)c1)C2=O. The normalized spacial score (nSPS) is 16.7. The molecule has 2 amide bonds. The summed E-state index contributed by atoms with van der Waals surface area (Å²) in [7, 11) is -3.76. The Morgan fingerprint density at radius 1 is 1.02 bits per heavy atom. The second kappa shape index (κ2) is 17.1. The summed E-state index contributed by atoms with van der Waals surface area (Å²) in [6, 6.07) is 8.27. The highest BCUT2D eigenvalue weighted by Gasteiger charge is 2.38. The number of sulfonamides is 1. The molecule has 3 heterocycles. The van der Waals surface area contributed by atoms with Crippen LogP contribution in [0.15, 0.2) is 48.8 Å². The van der Waals surface area contributed by atoms with Crippen molar-refractivity contribution in [2.24, 2.45) is 5.92 Å². The van der Waals surface area contributed by atoms with Gasteiger partial charge >= 0.3 is 12.6 Å². The number of pyridine rings is 1. The van der Waals surface area contributed by atoms with Crippen molar-refractivity contribution < 1.29 is 55.5 Å². The van der Waals surface area contributed by atoms with Crippen molar-refractivity contribution in [3.05, 3.63) is 81.1 Å². The topological polar surface area (TPSA) is 146 Å². The average molecular weight is 813 g/mol. The standard InChI is InChI=1S/C36H38Cl2F2N4O9S/c1-54(48,49)44(10-2-9-42-11-13-50-14-12-42)24-6-7-25-26(16-24)35(47)43(34(25)46)20-33(45)52-31(17-27-28(37)18-41-19-29(27)38)23-5-8-30(53-36(39)40)32(15-23)51-21-22-3-4-22/h5-8,15-16,18-19,22,31,36H,2-4,9-14,17,20-21H2,1H3/p+1/t31-/m0/s1.